The van der Waals surface area contributed by atoms with Gasteiger partial charge in [-0.3, -0.25) is 0 Å². The zero-order valence-electron chi connectivity index (χ0n) is 16.4. The number of hydrogen-bond donors (Lipinski definition) is 0. The van der Waals surface area contributed by atoms with Gasteiger partial charge in [-0.15, -0.1) is 0 Å². The second kappa shape index (κ2) is 7.92. The lowest BCUT2D eigenvalue weighted by Crippen LogP contribution is -2.63. The predicted octanol–water partition coefficient (Wildman–Crippen LogP) is 4.67. The van der Waals surface area contributed by atoms with Crippen molar-refractivity contribution in [3.63, 3.8) is 0 Å². The molecule has 0 bridgehead atoms. The lowest BCUT2D eigenvalue weighted by molar-refractivity contribution is -0.382. The summed E-state index contributed by atoms with van der Waals surface area (Å²) in [5, 5.41) is -6.95. The van der Waals surface area contributed by atoms with Crippen molar-refractivity contribution in [2.75, 3.05) is 6.54 Å². The molecule has 0 aromatic carbocycles. The van der Waals surface area contributed by atoms with E-state index in [0.29, 0.717) is 6.08 Å². The quantitative estimate of drug-likeness (QED) is 0.410. The van der Waals surface area contributed by atoms with Gasteiger partial charge in [-0.1, -0.05) is 0 Å². The van der Waals surface area contributed by atoms with Crippen LogP contribution in [-0.4, -0.2) is 60.9 Å². The van der Waals surface area contributed by atoms with Crippen molar-refractivity contribution in [1.82, 2.24) is 4.90 Å². The summed E-state index contributed by atoms with van der Waals surface area (Å²) in [6.07, 6.45) is -8.07. The van der Waals surface area contributed by atoms with Gasteiger partial charge in [0.05, 0.1) is 0 Å². The number of carbonyl (C=O) groups excluding carboxylic acids is 1. The summed E-state index contributed by atoms with van der Waals surface area (Å²) >= 11 is 0. The van der Waals surface area contributed by atoms with Crippen molar-refractivity contribution in [2.45, 2.75) is 69.0 Å². The van der Waals surface area contributed by atoms with Gasteiger partial charge in [-0.25, -0.2) is 4.79 Å². The maximum absolute atomic E-state index is 13.7. The zero-order chi connectivity index (χ0) is 24.8. The van der Waals surface area contributed by atoms with Crippen LogP contribution >= 0.6 is 0 Å². The van der Waals surface area contributed by atoms with Gasteiger partial charge in [0, 0.05) is 19.0 Å². The molecule has 31 heavy (non-hydrogen) atoms. The van der Waals surface area contributed by atoms with Crippen LogP contribution in [0, 0.1) is 0 Å². The predicted molar refractivity (Wildman–Crippen MR) is 86.0 cm³/mol. The third-order valence-corrected chi connectivity index (χ3v) is 5.14. The molecule has 0 aromatic heterocycles. The van der Waals surface area contributed by atoms with Gasteiger partial charge in [-0.05, 0) is 33.8 Å². The van der Waals surface area contributed by atoms with E-state index >= 15 is 0 Å². The summed E-state index contributed by atoms with van der Waals surface area (Å²) in [5.74, 6) is -15.7. The van der Waals surface area contributed by atoms with Gasteiger partial charge >= 0.3 is 39.5 Å². The number of alkyl halides is 9. The SMILES string of the molecule is CC1CC(OS(=O)(=O)C(F)(F)C(F)(F)C(F)(F)C(F)(F)F)=CCN1C(=O)OC(C)(C)C. The van der Waals surface area contributed by atoms with Crippen molar-refractivity contribution >= 4 is 16.2 Å². The maximum atomic E-state index is 13.7. The van der Waals surface area contributed by atoms with E-state index in [2.05, 4.69) is 4.18 Å². The van der Waals surface area contributed by atoms with Crippen LogP contribution in [0.1, 0.15) is 34.1 Å². The summed E-state index contributed by atoms with van der Waals surface area (Å²) in [6, 6.07) is -0.990. The zero-order valence-corrected chi connectivity index (χ0v) is 17.2. The lowest BCUT2D eigenvalue weighted by Gasteiger charge is -2.35. The summed E-state index contributed by atoms with van der Waals surface area (Å²) in [6.45, 7) is 5.32. The fourth-order valence-electron chi connectivity index (χ4n) is 2.22. The molecule has 1 atom stereocenters. The molecule has 0 spiro atoms. The third kappa shape index (κ3) is 5.14. The summed E-state index contributed by atoms with van der Waals surface area (Å²) in [7, 11) is -7.02. The molecule has 0 aromatic rings. The van der Waals surface area contributed by atoms with Crippen molar-refractivity contribution in [3.05, 3.63) is 11.8 Å². The van der Waals surface area contributed by atoms with E-state index in [-0.39, 0.29) is 0 Å². The Hall–Kier alpha value is -1.87. The molecule has 1 amide bonds. The number of rotatable bonds is 5. The molecule has 1 unspecified atom stereocenters. The fraction of sp³-hybridized carbons (Fsp3) is 0.800. The molecular weight excluding hydrogens is 477 g/mol. The van der Waals surface area contributed by atoms with Gasteiger partial charge in [0.2, 0.25) is 0 Å². The second-order valence-electron chi connectivity index (χ2n) is 7.56. The van der Waals surface area contributed by atoms with E-state index in [0.717, 1.165) is 4.90 Å². The van der Waals surface area contributed by atoms with Crippen LogP contribution in [0.15, 0.2) is 11.8 Å². The van der Waals surface area contributed by atoms with Gasteiger partial charge in [0.1, 0.15) is 11.4 Å². The molecule has 0 saturated heterocycles. The number of amides is 1. The molecule has 0 aliphatic carbocycles. The van der Waals surface area contributed by atoms with Crippen molar-refractivity contribution in [2.24, 2.45) is 0 Å². The monoisotopic (exact) mass is 495 g/mol. The molecule has 0 fully saturated rings. The topological polar surface area (TPSA) is 72.9 Å². The third-order valence-electron chi connectivity index (χ3n) is 3.82. The Morgan fingerprint density at radius 2 is 1.48 bits per heavy atom. The minimum absolute atomic E-state index is 0.512. The molecule has 1 rings (SSSR count). The van der Waals surface area contributed by atoms with E-state index in [1.54, 1.807) is 0 Å². The Bertz CT molecular complexity index is 831. The Balaban J connectivity index is 3.13. The first-order valence-electron chi connectivity index (χ1n) is 8.31. The molecule has 182 valence electrons. The van der Waals surface area contributed by atoms with E-state index in [4.69, 9.17) is 4.74 Å². The van der Waals surface area contributed by atoms with Crippen molar-refractivity contribution in [3.8, 4) is 0 Å². The van der Waals surface area contributed by atoms with E-state index < -0.39 is 69.9 Å². The van der Waals surface area contributed by atoms with E-state index in [1.807, 2.05) is 0 Å². The lowest BCUT2D eigenvalue weighted by atomic mass is 10.1. The largest absolute Gasteiger partial charge is 0.460 e. The first-order chi connectivity index (χ1) is 13.5. The smallest absolute Gasteiger partial charge is 0.444 e. The Morgan fingerprint density at radius 3 is 1.87 bits per heavy atom. The van der Waals surface area contributed by atoms with Crippen LogP contribution < -0.4 is 0 Å². The van der Waals surface area contributed by atoms with Crippen LogP contribution in [0.5, 0.6) is 0 Å². The number of hydrogen-bond acceptors (Lipinski definition) is 5. The molecule has 0 N–H and O–H groups in total. The number of carbonyl (C=O) groups is 1. The molecule has 0 saturated carbocycles. The van der Waals surface area contributed by atoms with E-state index in [1.165, 1.54) is 27.7 Å². The first-order valence-corrected chi connectivity index (χ1v) is 9.71. The van der Waals surface area contributed by atoms with Gasteiger partial charge in [0.25, 0.3) is 0 Å². The van der Waals surface area contributed by atoms with Crippen LogP contribution in [-0.2, 0) is 19.0 Å². The van der Waals surface area contributed by atoms with Crippen LogP contribution in [0.3, 0.4) is 0 Å². The highest BCUT2D eigenvalue weighted by molar-refractivity contribution is 7.88. The highest BCUT2D eigenvalue weighted by Gasteiger charge is 2.86. The number of ether oxygens (including phenoxy) is 1. The average Bonchev–Trinajstić information content (AvgIpc) is 2.50. The molecule has 6 nitrogen and oxygen atoms in total. The highest BCUT2D eigenvalue weighted by atomic mass is 32.2. The van der Waals surface area contributed by atoms with Crippen LogP contribution in [0.4, 0.5) is 44.3 Å². The van der Waals surface area contributed by atoms with Crippen molar-refractivity contribution in [1.29, 1.82) is 0 Å². The Labute approximate surface area is 171 Å². The van der Waals surface area contributed by atoms with Gasteiger partial charge < -0.3 is 13.8 Å². The Morgan fingerprint density at radius 1 is 1.00 bits per heavy atom. The fourth-order valence-corrected chi connectivity index (χ4v) is 3.18. The Kier molecular flexibility index (Phi) is 6.94. The van der Waals surface area contributed by atoms with Crippen LogP contribution in [0.2, 0.25) is 0 Å². The molecule has 1 heterocycles. The minimum Gasteiger partial charge on any atom is -0.444 e. The highest BCUT2D eigenvalue weighted by Crippen LogP contribution is 2.55. The van der Waals surface area contributed by atoms with Gasteiger partial charge in [-0.2, -0.15) is 47.9 Å². The average molecular weight is 495 g/mol. The maximum Gasteiger partial charge on any atom is 0.460 e. The normalized spacial score (nSPS) is 19.7. The van der Waals surface area contributed by atoms with E-state index in [9.17, 15) is 52.7 Å². The standard InChI is InChI=1S/C15H18F9NO5S/c1-8-7-9(5-6-25(8)10(26)29-11(2,3)4)30-31(27,28)15(23,24)13(18,19)12(16,17)14(20,21)22/h5,8H,6-7H2,1-4H3. The first kappa shape index (κ1) is 27.2. The number of nitrogens with zero attached hydrogens (tertiary/aromatic N) is 1. The summed E-state index contributed by atoms with van der Waals surface area (Å²) in [4.78, 5) is 13.0. The number of halogens is 9. The molecule has 1 aliphatic heterocycles. The summed E-state index contributed by atoms with van der Waals surface area (Å²) in [5.41, 5.74) is -0.933. The van der Waals surface area contributed by atoms with Gasteiger partial charge in [0.15, 0.2) is 0 Å². The second-order valence-corrected chi connectivity index (χ2v) is 9.14. The molecule has 1 aliphatic rings. The molecule has 16 heteroatoms. The molecule has 0 radical (unpaired) electrons. The minimum atomic E-state index is -7.39. The van der Waals surface area contributed by atoms with Crippen molar-refractivity contribution < 1.29 is 61.6 Å². The van der Waals surface area contributed by atoms with Crippen LogP contribution in [0.25, 0.3) is 0 Å². The molecular formula is C15H18F9NO5S. The summed E-state index contributed by atoms with van der Waals surface area (Å²) < 4.78 is 148.